The van der Waals surface area contributed by atoms with Crippen molar-refractivity contribution in [2.45, 2.75) is 30.2 Å². The quantitative estimate of drug-likeness (QED) is 0.809. The Morgan fingerprint density at radius 1 is 1.58 bits per heavy atom. The number of rotatable bonds is 5. The number of carboxylic acids is 1. The summed E-state index contributed by atoms with van der Waals surface area (Å²) < 4.78 is 0. The molecule has 0 aromatic heterocycles. The molecule has 1 fully saturated rings. The Morgan fingerprint density at radius 3 is 2.74 bits per heavy atom. The third-order valence-corrected chi connectivity index (χ3v) is 4.37. The van der Waals surface area contributed by atoms with Gasteiger partial charge >= 0.3 is 5.97 Å². The molecule has 1 aromatic rings. The van der Waals surface area contributed by atoms with E-state index < -0.39 is 11.5 Å². The second kappa shape index (κ2) is 5.14. The highest BCUT2D eigenvalue weighted by Gasteiger charge is 2.47. The number of nitriles is 1. The summed E-state index contributed by atoms with van der Waals surface area (Å²) in [5, 5.41) is 21.8. The molecule has 0 aliphatic heterocycles. The van der Waals surface area contributed by atoms with E-state index in [2.05, 4.69) is 11.4 Å². The molecule has 4 nitrogen and oxygen atoms in total. The molecular weight excluding hydrogens is 260 g/mol. The molecule has 5 heteroatoms. The molecule has 1 aromatic carbocycles. The maximum absolute atomic E-state index is 11.5. The molecule has 2 rings (SSSR count). The van der Waals surface area contributed by atoms with Gasteiger partial charge in [-0.1, -0.05) is 6.07 Å². The molecule has 19 heavy (non-hydrogen) atoms. The van der Waals surface area contributed by atoms with Gasteiger partial charge < -0.3 is 10.4 Å². The molecule has 0 radical (unpaired) electrons. The van der Waals surface area contributed by atoms with E-state index in [0.717, 1.165) is 17.7 Å². The Morgan fingerprint density at radius 2 is 2.26 bits per heavy atom. The van der Waals surface area contributed by atoms with Gasteiger partial charge in [0.15, 0.2) is 0 Å². The molecule has 100 valence electrons. The zero-order valence-electron chi connectivity index (χ0n) is 10.9. The summed E-state index contributed by atoms with van der Waals surface area (Å²) in [6.07, 6.45) is 3.73. The van der Waals surface area contributed by atoms with E-state index in [9.17, 15) is 15.2 Å². The summed E-state index contributed by atoms with van der Waals surface area (Å²) in [7, 11) is 0. The fourth-order valence-corrected chi connectivity index (χ4v) is 2.77. The van der Waals surface area contributed by atoms with Gasteiger partial charge in [-0.25, -0.2) is 4.79 Å². The number of carboxylic acid groups (broad SMARTS) is 1. The number of nitrogens with zero attached hydrogens (tertiary/aromatic N) is 1. The van der Waals surface area contributed by atoms with E-state index in [4.69, 9.17) is 0 Å². The number of anilines is 1. The van der Waals surface area contributed by atoms with E-state index in [1.807, 2.05) is 18.4 Å². The van der Waals surface area contributed by atoms with Crippen molar-refractivity contribution in [1.29, 1.82) is 5.26 Å². The maximum Gasteiger partial charge on any atom is 0.329 e. The second-order valence-corrected chi connectivity index (χ2v) is 5.75. The predicted molar refractivity (Wildman–Crippen MR) is 75.3 cm³/mol. The van der Waals surface area contributed by atoms with Crippen LogP contribution in [0.4, 0.5) is 5.69 Å². The van der Waals surface area contributed by atoms with E-state index in [1.54, 1.807) is 13.0 Å². The standard InChI is InChI=1S/C14H16N2O2S/c1-14(13(17)18,9-6-7-9)16-11-4-3-5-12(19-2)10(11)8-15/h3-5,9,16H,6-7H2,1-2H3,(H,17,18). The number of benzene rings is 1. The highest BCUT2D eigenvalue weighted by Crippen LogP contribution is 2.42. The molecule has 0 heterocycles. The fraction of sp³-hybridized carbons (Fsp3) is 0.429. The number of carbonyl (C=O) groups is 1. The largest absolute Gasteiger partial charge is 0.480 e. The lowest BCUT2D eigenvalue weighted by atomic mass is 9.95. The molecule has 1 aliphatic rings. The van der Waals surface area contributed by atoms with Crippen LogP contribution in [0.25, 0.3) is 0 Å². The summed E-state index contributed by atoms with van der Waals surface area (Å²) in [4.78, 5) is 12.4. The molecular formula is C14H16N2O2S. The molecule has 0 saturated heterocycles. The number of thioether (sulfide) groups is 1. The van der Waals surface area contributed by atoms with Gasteiger partial charge in [-0.15, -0.1) is 11.8 Å². The van der Waals surface area contributed by atoms with Gasteiger partial charge in [0.1, 0.15) is 11.6 Å². The topological polar surface area (TPSA) is 73.1 Å². The van der Waals surface area contributed by atoms with Crippen molar-refractivity contribution in [2.75, 3.05) is 11.6 Å². The first kappa shape index (κ1) is 13.8. The number of hydrogen-bond acceptors (Lipinski definition) is 4. The first-order chi connectivity index (χ1) is 9.02. The van der Waals surface area contributed by atoms with Gasteiger partial charge in [-0.2, -0.15) is 5.26 Å². The molecule has 2 N–H and O–H groups in total. The van der Waals surface area contributed by atoms with Crippen LogP contribution >= 0.6 is 11.8 Å². The summed E-state index contributed by atoms with van der Waals surface area (Å²) in [6.45, 7) is 1.69. The first-order valence-corrected chi connectivity index (χ1v) is 7.34. The van der Waals surface area contributed by atoms with Crippen LogP contribution in [0.15, 0.2) is 23.1 Å². The molecule has 1 atom stereocenters. The number of hydrogen-bond donors (Lipinski definition) is 2. The molecule has 0 spiro atoms. The van der Waals surface area contributed by atoms with Crippen LogP contribution in [0.1, 0.15) is 25.3 Å². The van der Waals surface area contributed by atoms with Crippen molar-refractivity contribution in [3.63, 3.8) is 0 Å². The van der Waals surface area contributed by atoms with Crippen molar-refractivity contribution < 1.29 is 9.90 Å². The molecule has 0 amide bonds. The van der Waals surface area contributed by atoms with Crippen LogP contribution in [0.5, 0.6) is 0 Å². The van der Waals surface area contributed by atoms with E-state index >= 15 is 0 Å². The SMILES string of the molecule is CSc1cccc(NC(C)(C(=O)O)C2CC2)c1C#N. The summed E-state index contributed by atoms with van der Waals surface area (Å²) in [5.41, 5.74) is 0.122. The van der Waals surface area contributed by atoms with Crippen molar-refractivity contribution in [3.05, 3.63) is 23.8 Å². The van der Waals surface area contributed by atoms with Gasteiger partial charge in [0.05, 0.1) is 11.3 Å². The highest BCUT2D eigenvalue weighted by molar-refractivity contribution is 7.98. The minimum Gasteiger partial charge on any atom is -0.480 e. The fourth-order valence-electron chi connectivity index (χ4n) is 2.19. The van der Waals surface area contributed by atoms with Crippen molar-refractivity contribution in [3.8, 4) is 6.07 Å². The highest BCUT2D eigenvalue weighted by atomic mass is 32.2. The van der Waals surface area contributed by atoms with Gasteiger partial charge in [0.2, 0.25) is 0 Å². The molecule has 1 aliphatic carbocycles. The lowest BCUT2D eigenvalue weighted by Crippen LogP contribution is -2.45. The van der Waals surface area contributed by atoms with E-state index in [0.29, 0.717) is 11.3 Å². The normalized spacial score (nSPS) is 17.3. The third-order valence-electron chi connectivity index (χ3n) is 3.59. The average molecular weight is 276 g/mol. The Labute approximate surface area is 116 Å². The summed E-state index contributed by atoms with van der Waals surface area (Å²) in [6, 6.07) is 7.63. The van der Waals surface area contributed by atoms with Crippen molar-refractivity contribution in [1.82, 2.24) is 0 Å². The maximum atomic E-state index is 11.5. The first-order valence-electron chi connectivity index (χ1n) is 6.11. The Bertz CT molecular complexity index is 549. The van der Waals surface area contributed by atoms with Gasteiger partial charge in [0, 0.05) is 4.90 Å². The Balaban J connectivity index is 2.38. The average Bonchev–Trinajstić information content (AvgIpc) is 3.22. The lowest BCUT2D eigenvalue weighted by molar-refractivity contribution is -0.142. The van der Waals surface area contributed by atoms with Crippen molar-refractivity contribution in [2.24, 2.45) is 5.92 Å². The summed E-state index contributed by atoms with van der Waals surface area (Å²) in [5.74, 6) is -0.733. The van der Waals surface area contributed by atoms with Gasteiger partial charge in [-0.3, -0.25) is 0 Å². The minimum absolute atomic E-state index is 0.134. The van der Waals surface area contributed by atoms with Crippen LogP contribution in [0.3, 0.4) is 0 Å². The summed E-state index contributed by atoms with van der Waals surface area (Å²) >= 11 is 1.48. The van der Waals surface area contributed by atoms with Gasteiger partial charge in [-0.05, 0) is 44.1 Å². The molecule has 0 bridgehead atoms. The second-order valence-electron chi connectivity index (χ2n) is 4.90. The van der Waals surface area contributed by atoms with Gasteiger partial charge in [0.25, 0.3) is 0 Å². The Kier molecular flexibility index (Phi) is 3.72. The van der Waals surface area contributed by atoms with Crippen LogP contribution in [-0.2, 0) is 4.79 Å². The smallest absolute Gasteiger partial charge is 0.329 e. The molecule has 1 unspecified atom stereocenters. The van der Waals surface area contributed by atoms with Crippen molar-refractivity contribution >= 4 is 23.4 Å². The minimum atomic E-state index is -0.997. The molecule has 1 saturated carbocycles. The number of nitrogens with one attached hydrogen (secondary N) is 1. The third kappa shape index (κ3) is 2.54. The monoisotopic (exact) mass is 276 g/mol. The van der Waals surface area contributed by atoms with Crippen LogP contribution in [0.2, 0.25) is 0 Å². The lowest BCUT2D eigenvalue weighted by Gasteiger charge is -2.28. The van der Waals surface area contributed by atoms with Crippen LogP contribution in [0, 0.1) is 17.2 Å². The zero-order valence-corrected chi connectivity index (χ0v) is 11.8. The Hall–Kier alpha value is -1.67. The zero-order chi connectivity index (χ0) is 14.0. The van der Waals surface area contributed by atoms with Crippen LogP contribution < -0.4 is 5.32 Å². The van der Waals surface area contributed by atoms with Crippen LogP contribution in [-0.4, -0.2) is 22.9 Å². The van der Waals surface area contributed by atoms with E-state index in [1.165, 1.54) is 11.8 Å². The number of aliphatic carboxylic acids is 1. The van der Waals surface area contributed by atoms with E-state index in [-0.39, 0.29) is 5.92 Å². The predicted octanol–water partition coefficient (Wildman–Crippen LogP) is 2.95.